The summed E-state index contributed by atoms with van der Waals surface area (Å²) in [5.41, 5.74) is 6.26. The number of carboxylic acid groups (broad SMARTS) is 1. The Bertz CT molecular complexity index is 484. The molecule has 0 atom stereocenters. The van der Waals surface area contributed by atoms with Crippen LogP contribution in [0.3, 0.4) is 0 Å². The smallest absolute Gasteiger partial charge is 0.303 e. The molecule has 3 N–H and O–H groups in total. The Morgan fingerprint density at radius 2 is 1.78 bits per heavy atom. The highest BCUT2D eigenvalue weighted by Crippen LogP contribution is 2.13. The first-order chi connectivity index (χ1) is 7.95. The third-order valence-electron chi connectivity index (χ3n) is 2.32. The number of sulfone groups is 1. The fraction of sp³-hybridized carbons (Fsp3) is 0.364. The molecule has 0 saturated heterocycles. The predicted octanol–water partition coefficient (Wildman–Crippen LogP) is 1.21. The Morgan fingerprint density at radius 1 is 1.22 bits per heavy atom. The fourth-order valence-electron chi connectivity index (χ4n) is 1.36. The predicted molar refractivity (Wildman–Crippen MR) is 70.5 cm³/mol. The number of hydrogen-bond donors (Lipinski definition) is 2. The first kappa shape index (κ1) is 16.9. The first-order valence-electron chi connectivity index (χ1n) is 5.19. The zero-order valence-electron chi connectivity index (χ0n) is 9.70. The van der Waals surface area contributed by atoms with E-state index < -0.39 is 15.8 Å². The van der Waals surface area contributed by atoms with Gasteiger partial charge < -0.3 is 10.8 Å². The minimum atomic E-state index is -3.39. The van der Waals surface area contributed by atoms with Gasteiger partial charge >= 0.3 is 5.97 Å². The monoisotopic (exact) mass is 293 g/mol. The van der Waals surface area contributed by atoms with Gasteiger partial charge in [0.1, 0.15) is 0 Å². The molecule has 0 aliphatic heterocycles. The zero-order chi connectivity index (χ0) is 12.9. The molecule has 0 unspecified atom stereocenters. The summed E-state index contributed by atoms with van der Waals surface area (Å²) < 4.78 is 23.6. The molecular weight excluding hydrogens is 278 g/mol. The molecule has 0 spiro atoms. The molecule has 0 heterocycles. The highest BCUT2D eigenvalue weighted by molar-refractivity contribution is 7.91. The molecule has 7 heteroatoms. The molecule has 0 aromatic heterocycles. The molecule has 1 aromatic rings. The van der Waals surface area contributed by atoms with E-state index in [9.17, 15) is 13.2 Å². The second-order valence-electron chi connectivity index (χ2n) is 3.66. The maximum Gasteiger partial charge on any atom is 0.303 e. The average molecular weight is 294 g/mol. The van der Waals surface area contributed by atoms with Crippen molar-refractivity contribution >= 4 is 28.2 Å². The van der Waals surface area contributed by atoms with E-state index in [0.29, 0.717) is 6.54 Å². The summed E-state index contributed by atoms with van der Waals surface area (Å²) in [6, 6.07) is 6.31. The molecule has 0 bridgehead atoms. The molecule has 5 nitrogen and oxygen atoms in total. The molecule has 0 amide bonds. The number of rotatable bonds is 6. The molecule has 0 radical (unpaired) electrons. The van der Waals surface area contributed by atoms with Gasteiger partial charge in [-0.05, 0) is 24.1 Å². The van der Waals surface area contributed by atoms with Gasteiger partial charge in [0, 0.05) is 13.0 Å². The molecule has 0 aliphatic carbocycles. The SMILES string of the molecule is Cl.NCc1ccc(S(=O)(=O)CCCC(=O)O)cc1. The Balaban J connectivity index is 0.00000289. The summed E-state index contributed by atoms with van der Waals surface area (Å²) in [6.45, 7) is 0.360. The molecule has 0 fully saturated rings. The van der Waals surface area contributed by atoms with Crippen LogP contribution in [0.5, 0.6) is 0 Å². The molecule has 18 heavy (non-hydrogen) atoms. The second-order valence-corrected chi connectivity index (χ2v) is 5.77. The normalized spacial score (nSPS) is 10.7. The van der Waals surface area contributed by atoms with E-state index in [1.54, 1.807) is 12.1 Å². The number of aliphatic carboxylic acids is 1. The van der Waals surface area contributed by atoms with Crippen molar-refractivity contribution in [3.63, 3.8) is 0 Å². The van der Waals surface area contributed by atoms with Gasteiger partial charge in [-0.25, -0.2) is 8.42 Å². The van der Waals surface area contributed by atoms with E-state index in [1.165, 1.54) is 12.1 Å². The minimum absolute atomic E-state index is 0. The van der Waals surface area contributed by atoms with Crippen LogP contribution in [0.25, 0.3) is 0 Å². The fourth-order valence-corrected chi connectivity index (χ4v) is 2.67. The van der Waals surface area contributed by atoms with Crippen LogP contribution in [-0.2, 0) is 21.2 Å². The van der Waals surface area contributed by atoms with Gasteiger partial charge in [0.05, 0.1) is 10.6 Å². The summed E-state index contributed by atoms with van der Waals surface area (Å²) >= 11 is 0. The first-order valence-corrected chi connectivity index (χ1v) is 6.84. The van der Waals surface area contributed by atoms with Crippen molar-refractivity contribution in [2.45, 2.75) is 24.3 Å². The van der Waals surface area contributed by atoms with E-state index in [4.69, 9.17) is 10.8 Å². The van der Waals surface area contributed by atoms with Crippen LogP contribution in [0.15, 0.2) is 29.2 Å². The summed E-state index contributed by atoms with van der Waals surface area (Å²) in [6.07, 6.45) is -0.0174. The second kappa shape index (κ2) is 7.35. The van der Waals surface area contributed by atoms with Crippen LogP contribution in [0, 0.1) is 0 Å². The maximum absolute atomic E-state index is 11.8. The summed E-state index contributed by atoms with van der Waals surface area (Å²) in [5.74, 6) is -1.14. The lowest BCUT2D eigenvalue weighted by Crippen LogP contribution is -2.09. The van der Waals surface area contributed by atoms with Gasteiger partial charge in [-0.2, -0.15) is 0 Å². The zero-order valence-corrected chi connectivity index (χ0v) is 11.3. The Morgan fingerprint density at radius 3 is 2.22 bits per heavy atom. The van der Waals surface area contributed by atoms with E-state index in [-0.39, 0.29) is 35.9 Å². The topological polar surface area (TPSA) is 97.5 Å². The Hall–Kier alpha value is -1.11. The lowest BCUT2D eigenvalue weighted by molar-refractivity contribution is -0.137. The molecule has 102 valence electrons. The number of carboxylic acids is 1. The number of halogens is 1. The Labute approximate surface area is 112 Å². The Kier molecular flexibility index (Phi) is 6.90. The lowest BCUT2D eigenvalue weighted by Gasteiger charge is -2.04. The lowest BCUT2D eigenvalue weighted by atomic mass is 10.2. The van der Waals surface area contributed by atoms with E-state index in [0.717, 1.165) is 5.56 Å². The third-order valence-corrected chi connectivity index (χ3v) is 4.14. The van der Waals surface area contributed by atoms with Crippen molar-refractivity contribution in [3.05, 3.63) is 29.8 Å². The molecule has 1 rings (SSSR count). The maximum atomic E-state index is 11.8. The summed E-state index contributed by atoms with van der Waals surface area (Å²) in [5, 5.41) is 8.44. The van der Waals surface area contributed by atoms with Gasteiger partial charge in [-0.15, -0.1) is 12.4 Å². The van der Waals surface area contributed by atoms with Crippen molar-refractivity contribution in [1.29, 1.82) is 0 Å². The summed E-state index contributed by atoms with van der Waals surface area (Å²) in [7, 11) is -3.39. The standard InChI is InChI=1S/C11H15NO4S.ClH/c12-8-9-3-5-10(6-4-9)17(15,16)7-1-2-11(13)14;/h3-6H,1-2,7-8,12H2,(H,13,14);1H. The van der Waals surface area contributed by atoms with Crippen LogP contribution >= 0.6 is 12.4 Å². The molecule has 1 aromatic carbocycles. The van der Waals surface area contributed by atoms with Gasteiger partial charge in [0.2, 0.25) is 0 Å². The summed E-state index contributed by atoms with van der Waals surface area (Å²) in [4.78, 5) is 10.5. The number of hydrogen-bond acceptors (Lipinski definition) is 4. The highest BCUT2D eigenvalue weighted by atomic mass is 35.5. The van der Waals surface area contributed by atoms with Crippen molar-refractivity contribution in [1.82, 2.24) is 0 Å². The molecule has 0 saturated carbocycles. The van der Waals surface area contributed by atoms with Crippen LogP contribution in [-0.4, -0.2) is 25.2 Å². The average Bonchev–Trinajstić information content (AvgIpc) is 2.28. The number of carbonyl (C=O) groups is 1. The third kappa shape index (κ3) is 5.03. The largest absolute Gasteiger partial charge is 0.481 e. The quantitative estimate of drug-likeness (QED) is 0.821. The van der Waals surface area contributed by atoms with Gasteiger partial charge in [0.25, 0.3) is 0 Å². The van der Waals surface area contributed by atoms with Crippen LogP contribution in [0.4, 0.5) is 0 Å². The number of benzene rings is 1. The van der Waals surface area contributed by atoms with Gasteiger partial charge in [0.15, 0.2) is 9.84 Å². The number of nitrogens with two attached hydrogens (primary N) is 1. The van der Waals surface area contributed by atoms with E-state index >= 15 is 0 Å². The van der Waals surface area contributed by atoms with Crippen LogP contribution < -0.4 is 5.73 Å². The van der Waals surface area contributed by atoms with Gasteiger partial charge in [-0.1, -0.05) is 12.1 Å². The van der Waals surface area contributed by atoms with Crippen LogP contribution in [0.1, 0.15) is 18.4 Å². The van der Waals surface area contributed by atoms with Crippen LogP contribution in [0.2, 0.25) is 0 Å². The van der Waals surface area contributed by atoms with E-state index in [1.807, 2.05) is 0 Å². The van der Waals surface area contributed by atoms with Crippen molar-refractivity contribution in [2.75, 3.05) is 5.75 Å². The van der Waals surface area contributed by atoms with Gasteiger partial charge in [-0.3, -0.25) is 4.79 Å². The minimum Gasteiger partial charge on any atom is -0.481 e. The van der Waals surface area contributed by atoms with Crippen molar-refractivity contribution in [2.24, 2.45) is 5.73 Å². The van der Waals surface area contributed by atoms with E-state index in [2.05, 4.69) is 0 Å². The van der Waals surface area contributed by atoms with Crippen molar-refractivity contribution < 1.29 is 18.3 Å². The highest BCUT2D eigenvalue weighted by Gasteiger charge is 2.14. The molecule has 0 aliphatic rings. The van der Waals surface area contributed by atoms with Crippen molar-refractivity contribution in [3.8, 4) is 0 Å². The molecular formula is C11H16ClNO4S.